The van der Waals surface area contributed by atoms with Crippen LogP contribution in [0.4, 0.5) is 5.82 Å². The van der Waals surface area contributed by atoms with Gasteiger partial charge >= 0.3 is 0 Å². The summed E-state index contributed by atoms with van der Waals surface area (Å²) in [6, 6.07) is 7.03. The van der Waals surface area contributed by atoms with Gasteiger partial charge in [0.1, 0.15) is 0 Å². The van der Waals surface area contributed by atoms with Crippen LogP contribution in [-0.2, 0) is 24.9 Å². The Labute approximate surface area is 149 Å². The Kier molecular flexibility index (Phi) is 4.02. The second-order valence-electron chi connectivity index (χ2n) is 8.45. The molecule has 0 unspecified atom stereocenters. The summed E-state index contributed by atoms with van der Waals surface area (Å²) in [5.41, 5.74) is 3.68. The summed E-state index contributed by atoms with van der Waals surface area (Å²) in [5, 5.41) is 13.5. The zero-order chi connectivity index (χ0) is 17.6. The van der Waals surface area contributed by atoms with E-state index >= 15 is 0 Å². The molecule has 0 amide bonds. The number of aryl methyl sites for hydroxylation is 2. The van der Waals surface area contributed by atoms with Gasteiger partial charge in [0, 0.05) is 43.3 Å². The number of aromatic nitrogens is 4. The molecule has 134 valence electrons. The molecule has 6 nitrogen and oxygen atoms in total. The summed E-state index contributed by atoms with van der Waals surface area (Å²) < 4.78 is 2.17. The van der Waals surface area contributed by atoms with Gasteiger partial charge in [-0.15, -0.1) is 5.10 Å². The fourth-order valence-electron chi connectivity index (χ4n) is 3.60. The van der Waals surface area contributed by atoms with Crippen LogP contribution >= 0.6 is 0 Å². The van der Waals surface area contributed by atoms with Crippen LogP contribution in [-0.4, -0.2) is 51.1 Å². The fourth-order valence-corrected chi connectivity index (χ4v) is 3.60. The Hall–Kier alpha value is -1.95. The highest BCUT2D eigenvalue weighted by atomic mass is 15.4. The molecule has 2 aromatic heterocycles. The summed E-state index contributed by atoms with van der Waals surface area (Å²) in [6.07, 6.45) is 2.42. The second kappa shape index (κ2) is 6.09. The number of fused-ring (bicyclic) bond motifs is 1. The van der Waals surface area contributed by atoms with E-state index in [1.807, 2.05) is 0 Å². The van der Waals surface area contributed by atoms with Crippen LogP contribution in [0.5, 0.6) is 0 Å². The maximum absolute atomic E-state index is 4.72. The van der Waals surface area contributed by atoms with Crippen LogP contribution in [0.3, 0.4) is 0 Å². The summed E-state index contributed by atoms with van der Waals surface area (Å²) in [5.74, 6) is 0.985. The lowest BCUT2D eigenvalue weighted by Gasteiger charge is -2.44. The number of nitrogens with zero attached hydrogens (tertiary/aromatic N) is 6. The molecule has 0 saturated carbocycles. The molecule has 1 fully saturated rings. The first-order valence-corrected chi connectivity index (χ1v) is 9.25. The molecule has 6 heteroatoms. The molecule has 0 aliphatic carbocycles. The third kappa shape index (κ3) is 3.27. The summed E-state index contributed by atoms with van der Waals surface area (Å²) in [4.78, 5) is 4.71. The molecule has 0 bridgehead atoms. The lowest BCUT2D eigenvalue weighted by molar-refractivity contribution is 0.194. The monoisotopic (exact) mass is 340 g/mol. The first-order valence-electron chi connectivity index (χ1n) is 9.25. The molecule has 2 aromatic rings. The molecule has 0 aromatic carbocycles. The van der Waals surface area contributed by atoms with E-state index in [9.17, 15) is 0 Å². The van der Waals surface area contributed by atoms with Crippen LogP contribution in [0.2, 0.25) is 0 Å². The first-order chi connectivity index (χ1) is 11.9. The van der Waals surface area contributed by atoms with Gasteiger partial charge in [-0.2, -0.15) is 10.2 Å². The standard InChI is InChI=1S/C19H28N6/c1-19(2,3)17-7-8-18(21-20-17)24-12-16(13-24)23(4)11-14-10-15-6-5-9-25(15)22-14/h7-8,10,16H,5-6,9,11-13H2,1-4H3. The van der Waals surface area contributed by atoms with Gasteiger partial charge in [0.25, 0.3) is 0 Å². The van der Waals surface area contributed by atoms with E-state index in [2.05, 4.69) is 70.7 Å². The van der Waals surface area contributed by atoms with E-state index in [-0.39, 0.29) is 5.41 Å². The number of likely N-dealkylation sites (N-methyl/N-ethyl adjacent to an activating group) is 1. The maximum atomic E-state index is 4.72. The van der Waals surface area contributed by atoms with Gasteiger partial charge in [-0.25, -0.2) is 0 Å². The molecule has 25 heavy (non-hydrogen) atoms. The number of rotatable bonds is 4. The van der Waals surface area contributed by atoms with Gasteiger partial charge in [-0.3, -0.25) is 9.58 Å². The zero-order valence-electron chi connectivity index (χ0n) is 15.7. The van der Waals surface area contributed by atoms with Crippen molar-refractivity contribution in [2.45, 2.75) is 58.2 Å². The minimum Gasteiger partial charge on any atom is -0.352 e. The van der Waals surface area contributed by atoms with Crippen molar-refractivity contribution in [1.82, 2.24) is 24.9 Å². The summed E-state index contributed by atoms with van der Waals surface area (Å²) >= 11 is 0. The van der Waals surface area contributed by atoms with E-state index in [1.165, 1.54) is 24.2 Å². The van der Waals surface area contributed by atoms with Crippen molar-refractivity contribution >= 4 is 5.82 Å². The van der Waals surface area contributed by atoms with E-state index in [0.29, 0.717) is 6.04 Å². The molecular weight excluding hydrogens is 312 g/mol. The van der Waals surface area contributed by atoms with Gasteiger partial charge in [-0.1, -0.05) is 20.8 Å². The Morgan fingerprint density at radius 3 is 2.64 bits per heavy atom. The molecular formula is C19H28N6. The van der Waals surface area contributed by atoms with Crippen molar-refractivity contribution in [1.29, 1.82) is 0 Å². The smallest absolute Gasteiger partial charge is 0.151 e. The largest absolute Gasteiger partial charge is 0.352 e. The summed E-state index contributed by atoms with van der Waals surface area (Å²) in [7, 11) is 2.20. The van der Waals surface area contributed by atoms with Crippen molar-refractivity contribution < 1.29 is 0 Å². The molecule has 2 aliphatic heterocycles. The molecule has 0 spiro atoms. The lowest BCUT2D eigenvalue weighted by atomic mass is 9.92. The van der Waals surface area contributed by atoms with Crippen LogP contribution in [0.25, 0.3) is 0 Å². The minimum atomic E-state index is 0.0497. The maximum Gasteiger partial charge on any atom is 0.151 e. The zero-order valence-corrected chi connectivity index (χ0v) is 15.7. The SMILES string of the molecule is CN(Cc1cc2n(n1)CCC2)C1CN(c2ccc(C(C)(C)C)nn2)C1. The van der Waals surface area contributed by atoms with Crippen molar-refractivity contribution in [3.63, 3.8) is 0 Å². The highest BCUT2D eigenvalue weighted by Gasteiger charge is 2.32. The van der Waals surface area contributed by atoms with Crippen LogP contribution in [0.1, 0.15) is 44.3 Å². The predicted octanol–water partition coefficient (Wildman–Crippen LogP) is 2.24. The lowest BCUT2D eigenvalue weighted by Crippen LogP contribution is -2.58. The second-order valence-corrected chi connectivity index (χ2v) is 8.45. The van der Waals surface area contributed by atoms with Crippen LogP contribution < -0.4 is 4.90 Å². The topological polar surface area (TPSA) is 50.1 Å². The molecule has 4 heterocycles. The molecule has 4 rings (SSSR count). The fraction of sp³-hybridized carbons (Fsp3) is 0.632. The quantitative estimate of drug-likeness (QED) is 0.854. The van der Waals surface area contributed by atoms with Crippen LogP contribution in [0, 0.1) is 0 Å². The number of hydrogen-bond donors (Lipinski definition) is 0. The van der Waals surface area contributed by atoms with Gasteiger partial charge in [0.15, 0.2) is 5.82 Å². The van der Waals surface area contributed by atoms with E-state index in [1.54, 1.807) is 0 Å². The van der Waals surface area contributed by atoms with Gasteiger partial charge in [0.05, 0.1) is 11.4 Å². The first kappa shape index (κ1) is 16.5. The predicted molar refractivity (Wildman–Crippen MR) is 98.7 cm³/mol. The van der Waals surface area contributed by atoms with E-state index in [4.69, 9.17) is 5.10 Å². The highest BCUT2D eigenvalue weighted by molar-refractivity contribution is 5.42. The third-order valence-electron chi connectivity index (χ3n) is 5.36. The van der Waals surface area contributed by atoms with E-state index < -0.39 is 0 Å². The Bertz CT molecular complexity index is 715. The van der Waals surface area contributed by atoms with Gasteiger partial charge in [-0.05, 0) is 38.1 Å². The molecule has 0 N–H and O–H groups in total. The molecule has 0 radical (unpaired) electrons. The van der Waals surface area contributed by atoms with Gasteiger partial charge in [0.2, 0.25) is 0 Å². The average Bonchev–Trinajstić information content (AvgIpc) is 3.06. The Morgan fingerprint density at radius 1 is 1.20 bits per heavy atom. The van der Waals surface area contributed by atoms with Crippen molar-refractivity contribution in [2.24, 2.45) is 0 Å². The van der Waals surface area contributed by atoms with Crippen molar-refractivity contribution in [3.8, 4) is 0 Å². The third-order valence-corrected chi connectivity index (χ3v) is 5.36. The van der Waals surface area contributed by atoms with Crippen molar-refractivity contribution in [3.05, 3.63) is 35.3 Å². The molecule has 2 aliphatic rings. The van der Waals surface area contributed by atoms with Crippen LogP contribution in [0.15, 0.2) is 18.2 Å². The van der Waals surface area contributed by atoms with Gasteiger partial charge < -0.3 is 4.90 Å². The molecule has 0 atom stereocenters. The number of anilines is 1. The van der Waals surface area contributed by atoms with E-state index in [0.717, 1.165) is 37.7 Å². The van der Waals surface area contributed by atoms with Crippen molar-refractivity contribution in [2.75, 3.05) is 25.0 Å². The highest BCUT2D eigenvalue weighted by Crippen LogP contribution is 2.25. The number of hydrogen-bond acceptors (Lipinski definition) is 5. The minimum absolute atomic E-state index is 0.0497. The molecule has 1 saturated heterocycles. The Balaban J connectivity index is 1.32. The Morgan fingerprint density at radius 2 is 2.00 bits per heavy atom. The normalized spacial score (nSPS) is 17.9. The average molecular weight is 340 g/mol. The summed E-state index contributed by atoms with van der Waals surface area (Å²) in [6.45, 7) is 10.5.